The van der Waals surface area contributed by atoms with Gasteiger partial charge in [0.1, 0.15) is 5.82 Å². The fourth-order valence-corrected chi connectivity index (χ4v) is 7.73. The molecule has 0 spiro atoms. The summed E-state index contributed by atoms with van der Waals surface area (Å²) >= 11 is 0. The summed E-state index contributed by atoms with van der Waals surface area (Å²) in [5, 5.41) is 43.3. The third-order valence-corrected chi connectivity index (χ3v) is 10.1. The zero-order valence-electron chi connectivity index (χ0n) is 24.8. The lowest BCUT2D eigenvalue weighted by Crippen LogP contribution is -2.44. The number of aromatic nitrogens is 1. The maximum absolute atomic E-state index is 12.1. The standard InChI is InChI=1S/C34H52N2O5/c1-2-3-5-8-23-11-12-25(30(37)20-23)9-6-4-7-10-28(33(39)40)32(38)27-13-14-29-26(15-17-34(29,41)22-27)19-24-16-18-36-31(35)21-24/h11-14,16,18,21,23,25-30,32,37-38,41H,2-10,15,17,19-20,22H2,1H3,(H2,35,36)(H,39,40)/t23-,25-,26+,27+,28+,29+,30-,32-,34-/m1/s1. The maximum Gasteiger partial charge on any atom is 0.309 e. The summed E-state index contributed by atoms with van der Waals surface area (Å²) in [5.41, 5.74) is 6.03. The van der Waals surface area contributed by atoms with Crippen LogP contribution in [0.25, 0.3) is 0 Å². The third-order valence-electron chi connectivity index (χ3n) is 10.1. The molecule has 41 heavy (non-hydrogen) atoms. The second kappa shape index (κ2) is 14.8. The highest BCUT2D eigenvalue weighted by Gasteiger charge is 2.50. The Hall–Kier alpha value is -2.22. The largest absolute Gasteiger partial charge is 0.481 e. The molecule has 0 saturated heterocycles. The first-order valence-corrected chi connectivity index (χ1v) is 16.1. The topological polar surface area (TPSA) is 137 Å². The number of carboxylic acids is 1. The second-order valence-corrected chi connectivity index (χ2v) is 13.2. The number of aliphatic hydroxyl groups excluding tert-OH is 2. The molecular weight excluding hydrogens is 516 g/mol. The normalized spacial score (nSPS) is 32.5. The van der Waals surface area contributed by atoms with Crippen LogP contribution in [-0.2, 0) is 11.2 Å². The van der Waals surface area contributed by atoms with E-state index in [-0.39, 0.29) is 29.8 Å². The molecule has 0 aliphatic heterocycles. The minimum absolute atomic E-state index is 0.0144. The first kappa shape index (κ1) is 31.7. The molecule has 0 bridgehead atoms. The molecule has 228 valence electrons. The lowest BCUT2D eigenvalue weighted by Gasteiger charge is -2.39. The van der Waals surface area contributed by atoms with Crippen LogP contribution in [0.4, 0.5) is 5.82 Å². The van der Waals surface area contributed by atoms with Crippen LogP contribution in [0.2, 0.25) is 0 Å². The number of allylic oxidation sites excluding steroid dienone is 1. The lowest BCUT2D eigenvalue weighted by molar-refractivity contribution is -0.148. The molecule has 0 unspecified atom stereocenters. The number of carboxylic acid groups (broad SMARTS) is 1. The molecule has 9 atom stereocenters. The number of pyridine rings is 1. The molecule has 1 heterocycles. The smallest absolute Gasteiger partial charge is 0.309 e. The van der Waals surface area contributed by atoms with E-state index in [4.69, 9.17) is 5.73 Å². The van der Waals surface area contributed by atoms with Crippen molar-refractivity contribution < 1.29 is 25.2 Å². The number of unbranched alkanes of at least 4 members (excludes halogenated alkanes) is 4. The van der Waals surface area contributed by atoms with E-state index < -0.39 is 23.6 Å². The Balaban J connectivity index is 1.23. The number of nitrogens with zero attached hydrogens (tertiary/aromatic N) is 1. The highest BCUT2D eigenvalue weighted by Crippen LogP contribution is 2.49. The number of nitrogens with two attached hydrogens (primary N) is 1. The summed E-state index contributed by atoms with van der Waals surface area (Å²) in [6.07, 6.45) is 21.1. The minimum Gasteiger partial charge on any atom is -0.481 e. The summed E-state index contributed by atoms with van der Waals surface area (Å²) in [6.45, 7) is 2.21. The van der Waals surface area contributed by atoms with Gasteiger partial charge in [-0.05, 0) is 80.9 Å². The molecule has 3 aliphatic rings. The zero-order chi connectivity index (χ0) is 29.4. The Morgan fingerprint density at radius 1 is 1.12 bits per heavy atom. The summed E-state index contributed by atoms with van der Waals surface area (Å²) in [6, 6.07) is 3.84. The zero-order valence-corrected chi connectivity index (χ0v) is 24.8. The van der Waals surface area contributed by atoms with E-state index in [2.05, 4.69) is 24.1 Å². The highest BCUT2D eigenvalue weighted by molar-refractivity contribution is 5.70. The summed E-state index contributed by atoms with van der Waals surface area (Å²) in [5.74, 6) is -0.775. The van der Waals surface area contributed by atoms with Gasteiger partial charge in [-0.15, -0.1) is 0 Å². The Morgan fingerprint density at radius 2 is 1.93 bits per heavy atom. The van der Waals surface area contributed by atoms with Gasteiger partial charge >= 0.3 is 5.97 Å². The molecule has 3 aliphatic carbocycles. The van der Waals surface area contributed by atoms with Crippen LogP contribution < -0.4 is 5.73 Å². The van der Waals surface area contributed by atoms with E-state index in [0.29, 0.717) is 31.0 Å². The number of aliphatic carboxylic acids is 1. The van der Waals surface area contributed by atoms with Crippen LogP contribution >= 0.6 is 0 Å². The Morgan fingerprint density at radius 3 is 2.66 bits per heavy atom. The Bertz CT molecular complexity index is 1040. The van der Waals surface area contributed by atoms with E-state index in [9.17, 15) is 25.2 Å². The molecule has 7 nitrogen and oxygen atoms in total. The number of aliphatic hydroxyl groups is 3. The highest BCUT2D eigenvalue weighted by atomic mass is 16.4. The molecule has 1 saturated carbocycles. The van der Waals surface area contributed by atoms with Crippen LogP contribution in [0.5, 0.6) is 0 Å². The minimum atomic E-state index is -1.03. The number of anilines is 1. The van der Waals surface area contributed by atoms with Crippen molar-refractivity contribution in [3.05, 3.63) is 48.2 Å². The summed E-state index contributed by atoms with van der Waals surface area (Å²) in [7, 11) is 0. The van der Waals surface area contributed by atoms with Gasteiger partial charge < -0.3 is 26.2 Å². The second-order valence-electron chi connectivity index (χ2n) is 13.2. The predicted octanol–water partition coefficient (Wildman–Crippen LogP) is 5.69. The number of carbonyl (C=O) groups is 1. The molecule has 0 aromatic carbocycles. The first-order valence-electron chi connectivity index (χ1n) is 16.1. The summed E-state index contributed by atoms with van der Waals surface area (Å²) < 4.78 is 0. The van der Waals surface area contributed by atoms with E-state index in [1.165, 1.54) is 19.3 Å². The fourth-order valence-electron chi connectivity index (χ4n) is 7.73. The van der Waals surface area contributed by atoms with Crippen molar-refractivity contribution in [3.63, 3.8) is 0 Å². The van der Waals surface area contributed by atoms with Crippen molar-refractivity contribution in [1.82, 2.24) is 4.98 Å². The molecule has 1 fully saturated rings. The van der Waals surface area contributed by atoms with Crippen LogP contribution in [0, 0.1) is 35.5 Å². The van der Waals surface area contributed by atoms with Gasteiger partial charge in [0, 0.05) is 24.0 Å². The SMILES string of the molecule is CCCCC[C@@H]1C=C[C@@H](CCCCC[C@H](C(=O)O)[C@H](O)[C@H]2C=C[C@H]3[C@H](Cc4ccnc(N)c4)CC[C@@]3(O)C2)[C@H](O)C1. The average molecular weight is 569 g/mol. The fraction of sp³-hybridized carbons (Fsp3) is 0.706. The molecular formula is C34H52N2O5. The number of nitrogen functional groups attached to an aromatic ring is 1. The van der Waals surface area contributed by atoms with Crippen molar-refractivity contribution in [2.45, 2.75) is 115 Å². The van der Waals surface area contributed by atoms with Gasteiger partial charge in [0.2, 0.25) is 0 Å². The van der Waals surface area contributed by atoms with Crippen LogP contribution in [-0.4, -0.2) is 49.2 Å². The molecule has 1 aromatic heterocycles. The van der Waals surface area contributed by atoms with Gasteiger partial charge in [-0.3, -0.25) is 4.79 Å². The van der Waals surface area contributed by atoms with E-state index in [0.717, 1.165) is 56.9 Å². The van der Waals surface area contributed by atoms with Crippen molar-refractivity contribution in [2.24, 2.45) is 35.5 Å². The molecule has 0 amide bonds. The molecule has 1 aromatic rings. The third kappa shape index (κ3) is 8.42. The van der Waals surface area contributed by atoms with Crippen molar-refractivity contribution in [1.29, 1.82) is 0 Å². The molecule has 7 heteroatoms. The number of rotatable bonds is 15. The molecule has 4 rings (SSSR count). The van der Waals surface area contributed by atoms with Gasteiger partial charge in [-0.1, -0.05) is 69.8 Å². The number of fused-ring (bicyclic) bond motifs is 1. The van der Waals surface area contributed by atoms with E-state index >= 15 is 0 Å². The molecule has 6 N–H and O–H groups in total. The predicted molar refractivity (Wildman–Crippen MR) is 162 cm³/mol. The van der Waals surface area contributed by atoms with Crippen molar-refractivity contribution in [3.8, 4) is 0 Å². The average Bonchev–Trinajstić information content (AvgIpc) is 3.26. The van der Waals surface area contributed by atoms with Gasteiger partial charge in [0.15, 0.2) is 0 Å². The lowest BCUT2D eigenvalue weighted by atomic mass is 9.70. The monoisotopic (exact) mass is 568 g/mol. The van der Waals surface area contributed by atoms with Crippen LogP contribution in [0.1, 0.15) is 96.0 Å². The first-order chi connectivity index (χ1) is 19.7. The Labute approximate surface area is 246 Å². The Kier molecular flexibility index (Phi) is 11.4. The van der Waals surface area contributed by atoms with E-state index in [1.807, 2.05) is 24.3 Å². The number of hydrogen-bond donors (Lipinski definition) is 5. The van der Waals surface area contributed by atoms with Gasteiger partial charge in [0.05, 0.1) is 23.7 Å². The van der Waals surface area contributed by atoms with Gasteiger partial charge in [0.25, 0.3) is 0 Å². The van der Waals surface area contributed by atoms with Crippen molar-refractivity contribution in [2.75, 3.05) is 5.73 Å². The maximum atomic E-state index is 12.1. The van der Waals surface area contributed by atoms with Gasteiger partial charge in [-0.25, -0.2) is 4.98 Å². The number of hydrogen-bond acceptors (Lipinski definition) is 6. The van der Waals surface area contributed by atoms with Gasteiger partial charge in [-0.2, -0.15) is 0 Å². The van der Waals surface area contributed by atoms with Crippen LogP contribution in [0.15, 0.2) is 42.6 Å². The van der Waals surface area contributed by atoms with E-state index in [1.54, 1.807) is 6.20 Å². The van der Waals surface area contributed by atoms with Crippen LogP contribution in [0.3, 0.4) is 0 Å². The molecule has 0 radical (unpaired) electrons. The summed E-state index contributed by atoms with van der Waals surface area (Å²) in [4.78, 5) is 16.2. The van der Waals surface area contributed by atoms with Crippen molar-refractivity contribution >= 4 is 11.8 Å². The quantitative estimate of drug-likeness (QED) is 0.135.